The Bertz CT molecular complexity index is 390. The Morgan fingerprint density at radius 1 is 1.18 bits per heavy atom. The highest BCUT2D eigenvalue weighted by Gasteiger charge is 2.49. The summed E-state index contributed by atoms with van der Waals surface area (Å²) in [5.74, 6) is -1.70. The first-order valence-corrected chi connectivity index (χ1v) is 5.58. The Morgan fingerprint density at radius 2 is 1.71 bits per heavy atom. The van der Waals surface area contributed by atoms with Crippen molar-refractivity contribution >= 4 is 16.4 Å². The van der Waals surface area contributed by atoms with Crippen LogP contribution in [0.25, 0.3) is 0 Å². The summed E-state index contributed by atoms with van der Waals surface area (Å²) in [5, 5.41) is 36.3. The first-order valence-electron chi connectivity index (χ1n) is 4.21. The van der Waals surface area contributed by atoms with Crippen molar-refractivity contribution in [2.24, 2.45) is 0 Å². The van der Waals surface area contributed by atoms with Crippen LogP contribution in [-0.2, 0) is 24.1 Å². The molecule has 5 N–H and O–H groups in total. The second-order valence-corrected chi connectivity index (χ2v) is 4.30. The van der Waals surface area contributed by atoms with Crippen molar-refractivity contribution < 1.29 is 47.1 Å². The van der Waals surface area contributed by atoms with E-state index in [0.717, 1.165) is 0 Å². The number of carbonyl (C=O) groups is 1. The van der Waals surface area contributed by atoms with E-state index in [4.69, 9.17) is 14.8 Å². The van der Waals surface area contributed by atoms with Gasteiger partial charge in [0.1, 0.15) is 18.3 Å². The molecule has 1 rings (SSSR count). The zero-order valence-corrected chi connectivity index (χ0v) is 8.89. The molecule has 0 aliphatic carbocycles. The molecule has 5 atom stereocenters. The zero-order chi connectivity index (χ0) is 13.4. The van der Waals surface area contributed by atoms with Crippen LogP contribution in [0.5, 0.6) is 0 Å². The highest BCUT2D eigenvalue weighted by molar-refractivity contribution is 7.80. The Hall–Kier alpha value is -0.820. The van der Waals surface area contributed by atoms with Gasteiger partial charge in [-0.05, 0) is 0 Å². The van der Waals surface area contributed by atoms with Crippen molar-refractivity contribution in [1.82, 2.24) is 0 Å². The van der Waals surface area contributed by atoms with Crippen molar-refractivity contribution in [2.45, 2.75) is 30.7 Å². The molecule has 0 amide bonds. The van der Waals surface area contributed by atoms with Crippen molar-refractivity contribution in [1.29, 1.82) is 0 Å². The number of carboxylic acids is 1. The molecule has 0 aromatic heterocycles. The number of carboxylic acid groups (broad SMARTS) is 1. The van der Waals surface area contributed by atoms with Crippen LogP contribution in [0, 0.1) is 0 Å². The molecule has 1 heterocycles. The fraction of sp³-hybridized carbons (Fsp3) is 0.833. The average Bonchev–Trinajstić information content (AvgIpc) is 2.16. The third-order valence-corrected chi connectivity index (χ3v) is 2.50. The van der Waals surface area contributed by atoms with Gasteiger partial charge in [0.05, 0.1) is 0 Å². The van der Waals surface area contributed by atoms with Gasteiger partial charge in [0.2, 0.25) is 0 Å². The lowest BCUT2D eigenvalue weighted by Gasteiger charge is -2.37. The smallest absolute Gasteiger partial charge is 0.397 e. The summed E-state index contributed by atoms with van der Waals surface area (Å²) in [6.07, 6.45) is -10.3. The van der Waals surface area contributed by atoms with Crippen molar-refractivity contribution in [2.75, 3.05) is 0 Å². The molecule has 17 heavy (non-hydrogen) atoms. The normalized spacial score (nSPS) is 38.9. The molecule has 0 bridgehead atoms. The standard InChI is InChI=1S/C6H10O10S/c7-1-3(16-17(12,13)14)2(8)6(11)15-4(1)5(9)10/h1-4,6-8,11H,(H,9,10)(H,12,13,14)/t1-,2+,3-,4+,6+/m0/s1. The summed E-state index contributed by atoms with van der Waals surface area (Å²) in [5.41, 5.74) is 0. The summed E-state index contributed by atoms with van der Waals surface area (Å²) >= 11 is 0. The Labute approximate surface area is 95.0 Å². The highest BCUT2D eigenvalue weighted by Crippen LogP contribution is 2.23. The molecule has 1 aliphatic heterocycles. The topological polar surface area (TPSA) is 171 Å². The number of aliphatic hydroxyl groups is 3. The average molecular weight is 274 g/mol. The molecular weight excluding hydrogens is 264 g/mol. The lowest BCUT2D eigenvalue weighted by Crippen LogP contribution is -2.60. The van der Waals surface area contributed by atoms with Crippen LogP contribution in [0.4, 0.5) is 0 Å². The maximum absolute atomic E-state index is 10.6. The number of hydrogen-bond acceptors (Lipinski definition) is 8. The minimum absolute atomic E-state index is 1.70. The molecule has 0 radical (unpaired) electrons. The predicted molar refractivity (Wildman–Crippen MR) is 47.0 cm³/mol. The van der Waals surface area contributed by atoms with Crippen molar-refractivity contribution in [3.05, 3.63) is 0 Å². The SMILES string of the molecule is O=C(O)[C@@H]1O[C@@H](O)[C@H](O)[C@@H](OS(=O)(=O)O)[C@@H]1O. The van der Waals surface area contributed by atoms with Crippen molar-refractivity contribution in [3.63, 3.8) is 0 Å². The van der Waals surface area contributed by atoms with Gasteiger partial charge in [-0.2, -0.15) is 8.42 Å². The summed E-state index contributed by atoms with van der Waals surface area (Å²) in [6, 6.07) is 0. The van der Waals surface area contributed by atoms with E-state index in [-0.39, 0.29) is 0 Å². The summed E-state index contributed by atoms with van der Waals surface area (Å²) in [6.45, 7) is 0. The van der Waals surface area contributed by atoms with E-state index in [9.17, 15) is 23.4 Å². The van der Waals surface area contributed by atoms with E-state index in [0.29, 0.717) is 0 Å². The maximum atomic E-state index is 10.6. The quantitative estimate of drug-likeness (QED) is 0.328. The first kappa shape index (κ1) is 14.2. The Morgan fingerprint density at radius 3 is 2.12 bits per heavy atom. The molecule has 11 heteroatoms. The van der Waals surface area contributed by atoms with Gasteiger partial charge in [-0.25, -0.2) is 8.98 Å². The highest BCUT2D eigenvalue weighted by atomic mass is 32.3. The number of ether oxygens (including phenoxy) is 1. The van der Waals surface area contributed by atoms with Gasteiger partial charge in [-0.15, -0.1) is 0 Å². The van der Waals surface area contributed by atoms with Gasteiger partial charge in [0.15, 0.2) is 12.4 Å². The monoisotopic (exact) mass is 274 g/mol. The minimum Gasteiger partial charge on any atom is -0.479 e. The second-order valence-electron chi connectivity index (χ2n) is 3.26. The molecule has 1 saturated heterocycles. The van der Waals surface area contributed by atoms with Crippen LogP contribution in [-0.4, -0.2) is 70.1 Å². The van der Waals surface area contributed by atoms with Gasteiger partial charge in [-0.3, -0.25) is 4.55 Å². The first-order chi connectivity index (χ1) is 7.63. The molecule has 10 nitrogen and oxygen atoms in total. The third kappa shape index (κ3) is 3.32. The molecule has 0 saturated carbocycles. The molecule has 100 valence electrons. The number of rotatable bonds is 3. The molecule has 1 fully saturated rings. The minimum atomic E-state index is -5.04. The fourth-order valence-electron chi connectivity index (χ4n) is 1.31. The predicted octanol–water partition coefficient (Wildman–Crippen LogP) is -3.30. The molecule has 1 aliphatic rings. The number of aliphatic carboxylic acids is 1. The van der Waals surface area contributed by atoms with Crippen LogP contribution in [0.2, 0.25) is 0 Å². The second kappa shape index (κ2) is 4.81. The fourth-order valence-corrected chi connectivity index (χ4v) is 1.81. The molecule has 0 aromatic rings. The van der Waals surface area contributed by atoms with E-state index < -0.39 is 47.1 Å². The van der Waals surface area contributed by atoms with E-state index >= 15 is 0 Å². The molecular formula is C6H10O10S. The number of aliphatic hydroxyl groups excluding tert-OH is 3. The van der Waals surface area contributed by atoms with Gasteiger partial charge in [0.25, 0.3) is 0 Å². The van der Waals surface area contributed by atoms with Crippen LogP contribution < -0.4 is 0 Å². The van der Waals surface area contributed by atoms with E-state index in [1.165, 1.54) is 0 Å². The van der Waals surface area contributed by atoms with Crippen LogP contribution in [0.3, 0.4) is 0 Å². The van der Waals surface area contributed by atoms with Crippen LogP contribution in [0.15, 0.2) is 0 Å². The van der Waals surface area contributed by atoms with Gasteiger partial charge < -0.3 is 25.2 Å². The molecule has 0 unspecified atom stereocenters. The molecule has 0 spiro atoms. The summed E-state index contributed by atoms with van der Waals surface area (Å²) < 4.78 is 37.4. The van der Waals surface area contributed by atoms with Gasteiger partial charge in [0, 0.05) is 0 Å². The Balaban J connectivity index is 2.95. The lowest BCUT2D eigenvalue weighted by molar-refractivity contribution is -0.275. The van der Waals surface area contributed by atoms with E-state index in [1.807, 2.05) is 0 Å². The largest absolute Gasteiger partial charge is 0.479 e. The van der Waals surface area contributed by atoms with Gasteiger partial charge in [-0.1, -0.05) is 0 Å². The zero-order valence-electron chi connectivity index (χ0n) is 8.07. The molecule has 0 aromatic carbocycles. The van der Waals surface area contributed by atoms with E-state index in [2.05, 4.69) is 8.92 Å². The summed E-state index contributed by atoms with van der Waals surface area (Å²) in [7, 11) is -5.04. The maximum Gasteiger partial charge on any atom is 0.397 e. The van der Waals surface area contributed by atoms with Crippen LogP contribution in [0.1, 0.15) is 0 Å². The van der Waals surface area contributed by atoms with Crippen molar-refractivity contribution in [3.8, 4) is 0 Å². The third-order valence-electron chi connectivity index (χ3n) is 2.04. The van der Waals surface area contributed by atoms with Crippen LogP contribution >= 0.6 is 0 Å². The number of hydrogen-bond donors (Lipinski definition) is 5. The Kier molecular flexibility index (Phi) is 4.03. The van der Waals surface area contributed by atoms with E-state index in [1.54, 1.807) is 0 Å². The van der Waals surface area contributed by atoms with Gasteiger partial charge >= 0.3 is 16.4 Å². The summed E-state index contributed by atoms with van der Waals surface area (Å²) in [4.78, 5) is 10.6. The lowest BCUT2D eigenvalue weighted by atomic mass is 9.99.